The van der Waals surface area contributed by atoms with Gasteiger partial charge in [-0.1, -0.05) is 13.8 Å². The first-order valence-electron chi connectivity index (χ1n) is 4.49. The summed E-state index contributed by atoms with van der Waals surface area (Å²) in [5.41, 5.74) is 5.49. The molecule has 14 heavy (non-hydrogen) atoms. The summed E-state index contributed by atoms with van der Waals surface area (Å²) >= 11 is 0. The second-order valence-corrected chi connectivity index (χ2v) is 3.43. The van der Waals surface area contributed by atoms with E-state index in [9.17, 15) is 4.79 Å². The Kier molecular flexibility index (Phi) is 3.45. The lowest BCUT2D eigenvalue weighted by Gasteiger charge is -2.09. The van der Waals surface area contributed by atoms with Crippen molar-refractivity contribution in [3.63, 3.8) is 0 Å². The third-order valence-electron chi connectivity index (χ3n) is 1.59. The summed E-state index contributed by atoms with van der Waals surface area (Å²) in [5, 5.41) is 0. The minimum absolute atomic E-state index is 0.314. The van der Waals surface area contributed by atoms with Crippen LogP contribution < -0.4 is 10.5 Å². The van der Waals surface area contributed by atoms with E-state index in [4.69, 9.17) is 10.5 Å². The van der Waals surface area contributed by atoms with Gasteiger partial charge in [0.25, 0.3) is 5.91 Å². The van der Waals surface area contributed by atoms with E-state index < -0.39 is 5.91 Å². The number of aromatic nitrogens is 1. The third-order valence-corrected chi connectivity index (χ3v) is 1.59. The molecule has 4 heteroatoms. The molecule has 0 saturated carbocycles. The highest BCUT2D eigenvalue weighted by Gasteiger charge is 2.09. The molecule has 0 aliphatic carbocycles. The first-order valence-corrected chi connectivity index (χ1v) is 4.49. The van der Waals surface area contributed by atoms with E-state index in [1.807, 2.05) is 13.8 Å². The summed E-state index contributed by atoms with van der Waals surface area (Å²) in [5.74, 6) is 0.184. The molecule has 0 fully saturated rings. The maximum absolute atomic E-state index is 11.0. The van der Waals surface area contributed by atoms with E-state index in [0.29, 0.717) is 24.0 Å². The minimum atomic E-state index is -0.517. The molecule has 0 aliphatic heterocycles. The molecule has 76 valence electrons. The number of rotatable bonds is 4. The lowest BCUT2D eigenvalue weighted by Crippen LogP contribution is -2.15. The number of hydrogen-bond acceptors (Lipinski definition) is 3. The Morgan fingerprint density at radius 3 is 2.93 bits per heavy atom. The Balaban J connectivity index is 2.79. The van der Waals surface area contributed by atoms with Crippen LogP contribution in [0.1, 0.15) is 24.2 Å². The fourth-order valence-corrected chi connectivity index (χ4v) is 0.939. The molecule has 2 N–H and O–H groups in total. The lowest BCUT2D eigenvalue weighted by atomic mass is 10.2. The molecular formula is C10H14N2O2. The van der Waals surface area contributed by atoms with Crippen molar-refractivity contribution < 1.29 is 9.53 Å². The maximum atomic E-state index is 11.0. The molecule has 4 nitrogen and oxygen atoms in total. The van der Waals surface area contributed by atoms with Crippen LogP contribution in [0.5, 0.6) is 5.88 Å². The molecule has 0 atom stereocenters. The van der Waals surface area contributed by atoms with Gasteiger partial charge in [0.05, 0.1) is 6.61 Å². The number of primary amides is 1. The highest BCUT2D eigenvalue weighted by Crippen LogP contribution is 2.13. The third kappa shape index (κ3) is 2.73. The van der Waals surface area contributed by atoms with Gasteiger partial charge in [0.2, 0.25) is 5.88 Å². The molecule has 1 heterocycles. The van der Waals surface area contributed by atoms with Crippen molar-refractivity contribution in [3.05, 3.63) is 23.9 Å². The Hall–Kier alpha value is -1.58. The Labute approximate surface area is 83.1 Å². The molecule has 1 rings (SSSR count). The predicted molar refractivity (Wildman–Crippen MR) is 53.1 cm³/mol. The zero-order valence-corrected chi connectivity index (χ0v) is 8.36. The standard InChI is InChI=1S/C10H14N2O2/c1-7(2)6-14-10-8(9(11)13)4-3-5-12-10/h3-5,7H,6H2,1-2H3,(H2,11,13). The van der Waals surface area contributed by atoms with Crippen LogP contribution in [0.2, 0.25) is 0 Å². The maximum Gasteiger partial charge on any atom is 0.254 e. The Bertz CT molecular complexity index is 324. The molecule has 0 aliphatic rings. The van der Waals surface area contributed by atoms with Crippen molar-refractivity contribution in [1.82, 2.24) is 4.98 Å². The smallest absolute Gasteiger partial charge is 0.254 e. The van der Waals surface area contributed by atoms with Gasteiger partial charge in [-0.25, -0.2) is 4.98 Å². The first kappa shape index (κ1) is 10.5. The first-order chi connectivity index (χ1) is 6.61. The van der Waals surface area contributed by atoms with Gasteiger partial charge in [0, 0.05) is 6.20 Å². The SMILES string of the molecule is CC(C)COc1ncccc1C(N)=O. The summed E-state index contributed by atoms with van der Waals surface area (Å²) in [6, 6.07) is 3.26. The summed E-state index contributed by atoms with van der Waals surface area (Å²) in [4.78, 5) is 14.9. The number of carbonyl (C=O) groups excluding carboxylic acids is 1. The van der Waals surface area contributed by atoms with Gasteiger partial charge in [0.1, 0.15) is 5.56 Å². The zero-order chi connectivity index (χ0) is 10.6. The van der Waals surface area contributed by atoms with Gasteiger partial charge >= 0.3 is 0 Å². The van der Waals surface area contributed by atoms with Crippen LogP contribution in [0.4, 0.5) is 0 Å². The van der Waals surface area contributed by atoms with Crippen LogP contribution in [-0.2, 0) is 0 Å². The van der Waals surface area contributed by atoms with Crippen molar-refractivity contribution in [2.24, 2.45) is 11.7 Å². The molecular weight excluding hydrogens is 180 g/mol. The molecule has 0 spiro atoms. The van der Waals surface area contributed by atoms with Crippen LogP contribution in [0.3, 0.4) is 0 Å². The van der Waals surface area contributed by atoms with Gasteiger partial charge < -0.3 is 10.5 Å². The number of carbonyl (C=O) groups is 1. The monoisotopic (exact) mass is 194 g/mol. The highest BCUT2D eigenvalue weighted by molar-refractivity contribution is 5.94. The number of nitrogens with two attached hydrogens (primary N) is 1. The summed E-state index contributed by atoms with van der Waals surface area (Å²) in [6.07, 6.45) is 1.57. The average Bonchev–Trinajstić information content (AvgIpc) is 2.15. The number of nitrogens with zero attached hydrogens (tertiary/aromatic N) is 1. The van der Waals surface area contributed by atoms with E-state index in [0.717, 1.165) is 0 Å². The fourth-order valence-electron chi connectivity index (χ4n) is 0.939. The van der Waals surface area contributed by atoms with Crippen molar-refractivity contribution in [2.45, 2.75) is 13.8 Å². The average molecular weight is 194 g/mol. The summed E-state index contributed by atoms with van der Waals surface area (Å²) < 4.78 is 5.35. The quantitative estimate of drug-likeness (QED) is 0.783. The van der Waals surface area contributed by atoms with Gasteiger partial charge in [-0.05, 0) is 18.1 Å². The largest absolute Gasteiger partial charge is 0.477 e. The molecule has 1 amide bonds. The molecule has 0 saturated heterocycles. The van der Waals surface area contributed by atoms with E-state index in [2.05, 4.69) is 4.98 Å². The van der Waals surface area contributed by atoms with E-state index >= 15 is 0 Å². The summed E-state index contributed by atoms with van der Waals surface area (Å²) in [6.45, 7) is 4.57. The van der Waals surface area contributed by atoms with Gasteiger partial charge in [-0.3, -0.25) is 4.79 Å². The predicted octanol–water partition coefficient (Wildman–Crippen LogP) is 1.22. The number of hydrogen-bond donors (Lipinski definition) is 1. The Morgan fingerprint density at radius 2 is 2.36 bits per heavy atom. The van der Waals surface area contributed by atoms with Crippen LogP contribution in [-0.4, -0.2) is 17.5 Å². The van der Waals surface area contributed by atoms with Gasteiger partial charge in [-0.2, -0.15) is 0 Å². The molecule has 0 aromatic carbocycles. The number of amides is 1. The van der Waals surface area contributed by atoms with Crippen LogP contribution in [0, 0.1) is 5.92 Å². The van der Waals surface area contributed by atoms with Gasteiger partial charge in [-0.15, -0.1) is 0 Å². The fraction of sp³-hybridized carbons (Fsp3) is 0.400. The molecule has 1 aromatic rings. The van der Waals surface area contributed by atoms with Crippen molar-refractivity contribution >= 4 is 5.91 Å². The van der Waals surface area contributed by atoms with E-state index in [-0.39, 0.29) is 0 Å². The van der Waals surface area contributed by atoms with Crippen molar-refractivity contribution in [3.8, 4) is 5.88 Å². The molecule has 0 unspecified atom stereocenters. The van der Waals surface area contributed by atoms with Crippen LogP contribution in [0.15, 0.2) is 18.3 Å². The topological polar surface area (TPSA) is 65.2 Å². The van der Waals surface area contributed by atoms with Crippen molar-refractivity contribution in [1.29, 1.82) is 0 Å². The lowest BCUT2D eigenvalue weighted by molar-refractivity contribution is 0.0994. The minimum Gasteiger partial charge on any atom is -0.477 e. The molecule has 1 aromatic heterocycles. The second kappa shape index (κ2) is 4.60. The number of ether oxygens (including phenoxy) is 1. The van der Waals surface area contributed by atoms with E-state index in [1.165, 1.54) is 0 Å². The normalized spacial score (nSPS) is 10.2. The van der Waals surface area contributed by atoms with Crippen LogP contribution in [0.25, 0.3) is 0 Å². The second-order valence-electron chi connectivity index (χ2n) is 3.43. The van der Waals surface area contributed by atoms with Gasteiger partial charge in [0.15, 0.2) is 0 Å². The highest BCUT2D eigenvalue weighted by atomic mass is 16.5. The summed E-state index contributed by atoms with van der Waals surface area (Å²) in [7, 11) is 0. The molecule has 0 radical (unpaired) electrons. The van der Waals surface area contributed by atoms with Crippen LogP contribution >= 0.6 is 0 Å². The zero-order valence-electron chi connectivity index (χ0n) is 8.36. The number of pyridine rings is 1. The van der Waals surface area contributed by atoms with E-state index in [1.54, 1.807) is 18.3 Å². The van der Waals surface area contributed by atoms with Crippen molar-refractivity contribution in [2.75, 3.05) is 6.61 Å². The molecule has 0 bridgehead atoms. The Morgan fingerprint density at radius 1 is 1.64 bits per heavy atom.